The highest BCUT2D eigenvalue weighted by atomic mass is 35.5. The Morgan fingerprint density at radius 2 is 1.72 bits per heavy atom. The molecule has 1 heterocycles. The summed E-state index contributed by atoms with van der Waals surface area (Å²) in [4.78, 5) is 26.2. The molecule has 7 heteroatoms. The number of piperidine rings is 1. The first-order valence-electron chi connectivity index (χ1n) is 9.58. The molecule has 1 saturated heterocycles. The lowest BCUT2D eigenvalue weighted by Gasteiger charge is -2.42. The van der Waals surface area contributed by atoms with Crippen LogP contribution in [0.25, 0.3) is 0 Å². The quantitative estimate of drug-likeness (QED) is 0.715. The Morgan fingerprint density at radius 3 is 2.41 bits per heavy atom. The molecule has 3 rings (SSSR count). The summed E-state index contributed by atoms with van der Waals surface area (Å²) in [6, 6.07) is 16.3. The second-order valence-electron chi connectivity index (χ2n) is 7.41. The van der Waals surface area contributed by atoms with Crippen LogP contribution >= 0.6 is 11.6 Å². The van der Waals surface area contributed by atoms with Crippen LogP contribution < -0.4 is 15.2 Å². The zero-order chi connectivity index (χ0) is 20.7. The molecule has 0 unspecified atom stereocenters. The molecular formula is C22H25ClN2O4. The van der Waals surface area contributed by atoms with Crippen LogP contribution in [0.4, 0.5) is 0 Å². The Bertz CT molecular complexity index is 828. The lowest BCUT2D eigenvalue weighted by atomic mass is 9.77. The number of amides is 2. The van der Waals surface area contributed by atoms with E-state index in [2.05, 4.69) is 0 Å². The molecule has 154 valence electrons. The van der Waals surface area contributed by atoms with Crippen LogP contribution in [0.3, 0.4) is 0 Å². The molecule has 0 bridgehead atoms. The van der Waals surface area contributed by atoms with Gasteiger partial charge in [0.1, 0.15) is 11.5 Å². The Kier molecular flexibility index (Phi) is 6.99. The van der Waals surface area contributed by atoms with Crippen molar-refractivity contribution in [2.75, 3.05) is 26.3 Å². The zero-order valence-corrected chi connectivity index (χ0v) is 16.9. The largest absolute Gasteiger partial charge is 0.493 e. The van der Waals surface area contributed by atoms with Gasteiger partial charge < -0.3 is 20.1 Å². The number of benzene rings is 2. The van der Waals surface area contributed by atoms with Crippen LogP contribution in [0.2, 0.25) is 5.02 Å². The molecule has 2 aromatic rings. The van der Waals surface area contributed by atoms with Gasteiger partial charge >= 0.3 is 0 Å². The van der Waals surface area contributed by atoms with Gasteiger partial charge in [-0.1, -0.05) is 29.8 Å². The molecule has 1 atom stereocenters. The number of nitrogens with zero attached hydrogens (tertiary/aromatic N) is 1. The Morgan fingerprint density at radius 1 is 1.03 bits per heavy atom. The third kappa shape index (κ3) is 6.12. The van der Waals surface area contributed by atoms with Crippen molar-refractivity contribution in [1.82, 2.24) is 4.90 Å². The number of carbonyl (C=O) groups is 2. The summed E-state index contributed by atoms with van der Waals surface area (Å²) in [5.74, 6) is 0.781. The molecule has 6 nitrogen and oxygen atoms in total. The topological polar surface area (TPSA) is 81.9 Å². The highest BCUT2D eigenvalue weighted by Gasteiger charge is 2.39. The van der Waals surface area contributed by atoms with Crippen molar-refractivity contribution in [1.29, 1.82) is 0 Å². The van der Waals surface area contributed by atoms with Gasteiger partial charge in [-0.3, -0.25) is 9.59 Å². The third-order valence-electron chi connectivity index (χ3n) is 5.03. The molecule has 2 N–H and O–H groups in total. The van der Waals surface area contributed by atoms with E-state index in [0.29, 0.717) is 30.5 Å². The minimum atomic E-state index is -0.504. The second-order valence-corrected chi connectivity index (χ2v) is 7.84. The molecule has 1 aliphatic heterocycles. The Labute approximate surface area is 175 Å². The molecule has 0 radical (unpaired) electrons. The van der Waals surface area contributed by atoms with E-state index in [1.54, 1.807) is 29.2 Å². The minimum absolute atomic E-state index is 0.0756. The minimum Gasteiger partial charge on any atom is -0.493 e. The molecule has 2 amide bonds. The fourth-order valence-corrected chi connectivity index (χ4v) is 3.75. The summed E-state index contributed by atoms with van der Waals surface area (Å²) in [6.45, 7) is 1.27. The van der Waals surface area contributed by atoms with Crippen molar-refractivity contribution in [3.63, 3.8) is 0 Å². The van der Waals surface area contributed by atoms with E-state index in [1.165, 1.54) is 0 Å². The van der Waals surface area contributed by atoms with Gasteiger partial charge in [0, 0.05) is 29.9 Å². The number of para-hydroxylation sites is 1. The average Bonchev–Trinajstić information content (AvgIpc) is 2.72. The number of carbonyl (C=O) groups excluding carboxylic acids is 2. The van der Waals surface area contributed by atoms with Crippen LogP contribution in [0.1, 0.15) is 19.3 Å². The predicted molar refractivity (Wildman–Crippen MR) is 111 cm³/mol. The highest BCUT2D eigenvalue weighted by Crippen LogP contribution is 2.34. The summed E-state index contributed by atoms with van der Waals surface area (Å²) in [5, 5.41) is 0.606. The van der Waals surface area contributed by atoms with Crippen LogP contribution in [0.15, 0.2) is 54.6 Å². The molecule has 1 aliphatic rings. The van der Waals surface area contributed by atoms with Crippen LogP contribution in [0.5, 0.6) is 11.5 Å². The fourth-order valence-electron chi connectivity index (χ4n) is 3.62. The van der Waals surface area contributed by atoms with Gasteiger partial charge in [-0.05, 0) is 49.2 Å². The number of ether oxygens (including phenoxy) is 2. The van der Waals surface area contributed by atoms with Gasteiger partial charge in [-0.2, -0.15) is 0 Å². The first kappa shape index (κ1) is 21.0. The number of rotatable bonds is 8. The van der Waals surface area contributed by atoms with Crippen molar-refractivity contribution >= 4 is 23.4 Å². The van der Waals surface area contributed by atoms with E-state index in [4.69, 9.17) is 26.8 Å². The molecule has 29 heavy (non-hydrogen) atoms. The third-order valence-corrected chi connectivity index (χ3v) is 5.28. The number of hydrogen-bond acceptors (Lipinski definition) is 4. The van der Waals surface area contributed by atoms with E-state index in [9.17, 15) is 9.59 Å². The Hall–Kier alpha value is -2.73. The number of nitrogens with two attached hydrogens (primary N) is 1. The highest BCUT2D eigenvalue weighted by molar-refractivity contribution is 6.30. The van der Waals surface area contributed by atoms with E-state index in [0.717, 1.165) is 18.6 Å². The van der Waals surface area contributed by atoms with Crippen LogP contribution in [0, 0.1) is 5.41 Å². The van der Waals surface area contributed by atoms with E-state index < -0.39 is 11.3 Å². The van der Waals surface area contributed by atoms with Crippen molar-refractivity contribution in [3.05, 3.63) is 59.6 Å². The summed E-state index contributed by atoms with van der Waals surface area (Å²) in [6.07, 6.45) is 1.71. The van der Waals surface area contributed by atoms with Gasteiger partial charge in [0.15, 0.2) is 6.61 Å². The summed E-state index contributed by atoms with van der Waals surface area (Å²) in [5.41, 5.74) is 5.01. The first-order chi connectivity index (χ1) is 14.0. The summed E-state index contributed by atoms with van der Waals surface area (Å²) < 4.78 is 11.5. The number of primary amides is 1. The second kappa shape index (κ2) is 9.65. The van der Waals surface area contributed by atoms with E-state index in [-0.39, 0.29) is 18.9 Å². The standard InChI is InChI=1S/C22H25ClN2O4/c23-17-7-9-19(10-8-17)28-14-21(27)25-12-4-11-22(15-25,13-20(24)26)16-29-18-5-2-1-3-6-18/h1-3,5-10H,4,11-16H2,(H2,24,26)/t22-/m1/s1. The monoisotopic (exact) mass is 416 g/mol. The smallest absolute Gasteiger partial charge is 0.260 e. The predicted octanol–water partition coefficient (Wildman–Crippen LogP) is 3.28. The maximum Gasteiger partial charge on any atom is 0.260 e. The van der Waals surface area contributed by atoms with Gasteiger partial charge in [0.05, 0.1) is 6.61 Å². The maximum absolute atomic E-state index is 12.7. The number of hydrogen-bond donors (Lipinski definition) is 1. The zero-order valence-electron chi connectivity index (χ0n) is 16.2. The lowest BCUT2D eigenvalue weighted by molar-refractivity contribution is -0.139. The Balaban J connectivity index is 1.62. The molecule has 0 aromatic heterocycles. The molecule has 1 fully saturated rings. The molecular weight excluding hydrogens is 392 g/mol. The van der Waals surface area contributed by atoms with Crippen molar-refractivity contribution in [2.45, 2.75) is 19.3 Å². The lowest BCUT2D eigenvalue weighted by Crippen LogP contribution is -2.51. The summed E-state index contributed by atoms with van der Waals surface area (Å²) >= 11 is 5.86. The van der Waals surface area contributed by atoms with E-state index in [1.807, 2.05) is 30.3 Å². The molecule has 2 aromatic carbocycles. The SMILES string of the molecule is NC(=O)C[C@]1(COc2ccccc2)CCCN(C(=O)COc2ccc(Cl)cc2)C1. The molecule has 0 spiro atoms. The normalized spacial score (nSPS) is 18.9. The van der Waals surface area contributed by atoms with Crippen molar-refractivity contribution in [2.24, 2.45) is 11.1 Å². The maximum atomic E-state index is 12.7. The molecule has 0 saturated carbocycles. The van der Waals surface area contributed by atoms with Gasteiger partial charge in [0.2, 0.25) is 5.91 Å². The first-order valence-corrected chi connectivity index (χ1v) is 9.96. The van der Waals surface area contributed by atoms with Gasteiger partial charge in [-0.25, -0.2) is 0 Å². The fraction of sp³-hybridized carbons (Fsp3) is 0.364. The van der Waals surface area contributed by atoms with Crippen molar-refractivity contribution < 1.29 is 19.1 Å². The van der Waals surface area contributed by atoms with Crippen LogP contribution in [-0.4, -0.2) is 43.0 Å². The van der Waals surface area contributed by atoms with Crippen molar-refractivity contribution in [3.8, 4) is 11.5 Å². The molecule has 0 aliphatic carbocycles. The van der Waals surface area contributed by atoms with E-state index >= 15 is 0 Å². The average molecular weight is 417 g/mol. The van der Waals surface area contributed by atoms with Crippen LogP contribution in [-0.2, 0) is 9.59 Å². The number of likely N-dealkylation sites (tertiary alicyclic amines) is 1. The van der Waals surface area contributed by atoms with Gasteiger partial charge in [0.25, 0.3) is 5.91 Å². The van der Waals surface area contributed by atoms with Gasteiger partial charge in [-0.15, -0.1) is 0 Å². The number of halogens is 1. The summed E-state index contributed by atoms with van der Waals surface area (Å²) in [7, 11) is 0.